The lowest BCUT2D eigenvalue weighted by Gasteiger charge is -2.12. The molecular weight excluding hydrogens is 453 g/mol. The molecule has 0 aliphatic carbocycles. The zero-order chi connectivity index (χ0) is 23.4. The zero-order valence-corrected chi connectivity index (χ0v) is 18.0. The molecule has 0 bridgehead atoms. The fraction of sp³-hybridized carbons (Fsp3) is 0.364. The lowest BCUT2D eigenvalue weighted by Crippen LogP contribution is -2.11. The number of methoxy groups -OCH3 is 1. The summed E-state index contributed by atoms with van der Waals surface area (Å²) >= 11 is 0. The summed E-state index contributed by atoms with van der Waals surface area (Å²) in [7, 11) is 1.59. The van der Waals surface area contributed by atoms with Gasteiger partial charge < -0.3 is 18.6 Å². The molecule has 1 aromatic carbocycles. The van der Waals surface area contributed by atoms with Gasteiger partial charge in [-0.3, -0.25) is 4.68 Å². The lowest BCUT2D eigenvalue weighted by molar-refractivity contribution is -0.146. The second-order valence-electron chi connectivity index (χ2n) is 8.35. The zero-order valence-electron chi connectivity index (χ0n) is 18.0. The standard InChI is InChI=1S/C22H19F3N6O3/c1-32-14-2-3-16-15(7-14)18-13(9-30(28-18)8-12-4-5-33-10-12)6-17-19(26-11-31(16)17)20-27-21(29-34-20)22(23,24)25/h2-3,7,9,11-12H,4-6,8,10H2,1H3. The van der Waals surface area contributed by atoms with Gasteiger partial charge in [0.15, 0.2) is 5.69 Å². The van der Waals surface area contributed by atoms with Crippen LogP contribution in [0, 0.1) is 5.92 Å². The van der Waals surface area contributed by atoms with Gasteiger partial charge in [0.2, 0.25) is 0 Å². The number of hydrogen-bond acceptors (Lipinski definition) is 7. The first-order valence-electron chi connectivity index (χ1n) is 10.7. The van der Waals surface area contributed by atoms with Crippen LogP contribution < -0.4 is 4.74 Å². The maximum Gasteiger partial charge on any atom is 0.455 e. The van der Waals surface area contributed by atoms with Crippen molar-refractivity contribution in [3.8, 4) is 34.3 Å². The van der Waals surface area contributed by atoms with Crippen molar-refractivity contribution in [3.05, 3.63) is 47.8 Å². The molecule has 2 aliphatic heterocycles. The van der Waals surface area contributed by atoms with Crippen molar-refractivity contribution in [1.82, 2.24) is 29.5 Å². The van der Waals surface area contributed by atoms with E-state index >= 15 is 0 Å². The number of rotatable bonds is 4. The van der Waals surface area contributed by atoms with Crippen LogP contribution in [0.15, 0.2) is 35.2 Å². The molecule has 0 amide bonds. The van der Waals surface area contributed by atoms with Crippen molar-refractivity contribution in [3.63, 3.8) is 0 Å². The molecule has 34 heavy (non-hydrogen) atoms. The Morgan fingerprint density at radius 2 is 2.12 bits per heavy atom. The maximum atomic E-state index is 13.0. The van der Waals surface area contributed by atoms with Crippen LogP contribution >= 0.6 is 0 Å². The van der Waals surface area contributed by atoms with Crippen LogP contribution in [0.5, 0.6) is 5.75 Å². The normalized spacial score (nSPS) is 17.2. The molecule has 0 radical (unpaired) electrons. The Hall–Kier alpha value is -3.67. The molecule has 176 valence electrons. The smallest absolute Gasteiger partial charge is 0.455 e. The van der Waals surface area contributed by atoms with Crippen molar-refractivity contribution in [2.45, 2.75) is 25.6 Å². The maximum absolute atomic E-state index is 13.0. The Kier molecular flexibility index (Phi) is 4.73. The van der Waals surface area contributed by atoms with Crippen molar-refractivity contribution in [1.29, 1.82) is 0 Å². The van der Waals surface area contributed by atoms with Crippen LogP contribution in [0.3, 0.4) is 0 Å². The Bertz CT molecular complexity index is 1370. The van der Waals surface area contributed by atoms with Crippen molar-refractivity contribution >= 4 is 0 Å². The summed E-state index contributed by atoms with van der Waals surface area (Å²) < 4.78 is 58.7. The number of aromatic nitrogens is 6. The van der Waals surface area contributed by atoms with E-state index in [0.717, 1.165) is 42.1 Å². The number of hydrogen-bond donors (Lipinski definition) is 0. The number of imidazole rings is 1. The molecule has 1 fully saturated rings. The first-order chi connectivity index (χ1) is 16.4. The minimum absolute atomic E-state index is 0.203. The van der Waals surface area contributed by atoms with Gasteiger partial charge in [0.1, 0.15) is 12.1 Å². The van der Waals surface area contributed by atoms with E-state index in [0.29, 0.717) is 30.4 Å². The molecule has 1 unspecified atom stereocenters. The molecule has 0 N–H and O–H groups in total. The van der Waals surface area contributed by atoms with E-state index in [-0.39, 0.29) is 11.6 Å². The highest BCUT2D eigenvalue weighted by Gasteiger charge is 2.38. The predicted octanol–water partition coefficient (Wildman–Crippen LogP) is 3.75. The van der Waals surface area contributed by atoms with E-state index in [9.17, 15) is 13.2 Å². The molecule has 0 saturated carbocycles. The van der Waals surface area contributed by atoms with Gasteiger partial charge in [-0.05, 0) is 24.6 Å². The van der Waals surface area contributed by atoms with Gasteiger partial charge in [0.25, 0.3) is 11.7 Å². The molecule has 4 aromatic rings. The van der Waals surface area contributed by atoms with Crippen molar-refractivity contribution in [2.75, 3.05) is 20.3 Å². The monoisotopic (exact) mass is 472 g/mol. The van der Waals surface area contributed by atoms with Crippen LogP contribution in [0.25, 0.3) is 28.5 Å². The summed E-state index contributed by atoms with van der Waals surface area (Å²) in [6.07, 6.45) is 0.151. The molecule has 2 aliphatic rings. The Balaban J connectivity index is 1.48. The summed E-state index contributed by atoms with van der Waals surface area (Å²) in [6.45, 7) is 2.17. The van der Waals surface area contributed by atoms with E-state index in [1.165, 1.54) is 0 Å². The van der Waals surface area contributed by atoms with Crippen LogP contribution in [-0.2, 0) is 23.9 Å². The third-order valence-electron chi connectivity index (χ3n) is 6.13. The molecule has 9 nitrogen and oxygen atoms in total. The van der Waals surface area contributed by atoms with E-state index < -0.39 is 12.0 Å². The highest BCUT2D eigenvalue weighted by atomic mass is 19.4. The van der Waals surface area contributed by atoms with E-state index in [1.807, 2.05) is 33.6 Å². The van der Waals surface area contributed by atoms with Gasteiger partial charge in [0.05, 0.1) is 30.8 Å². The number of fused-ring (bicyclic) bond motifs is 5. The van der Waals surface area contributed by atoms with E-state index in [2.05, 4.69) is 15.1 Å². The van der Waals surface area contributed by atoms with Crippen molar-refractivity contribution < 1.29 is 27.2 Å². The number of benzene rings is 1. The van der Waals surface area contributed by atoms with Crippen LogP contribution in [0.1, 0.15) is 23.5 Å². The molecular formula is C22H19F3N6O3. The molecule has 1 atom stereocenters. The summed E-state index contributed by atoms with van der Waals surface area (Å²) in [5, 5.41) is 7.95. The quantitative estimate of drug-likeness (QED) is 0.393. The molecule has 3 aromatic heterocycles. The van der Waals surface area contributed by atoms with Gasteiger partial charge in [-0.25, -0.2) is 4.98 Å². The van der Waals surface area contributed by atoms with Gasteiger partial charge in [-0.2, -0.15) is 23.3 Å². The fourth-order valence-electron chi connectivity index (χ4n) is 4.49. The number of halogens is 3. The van der Waals surface area contributed by atoms with Crippen LogP contribution in [0.2, 0.25) is 0 Å². The highest BCUT2D eigenvalue weighted by Crippen LogP contribution is 2.39. The Morgan fingerprint density at radius 1 is 1.24 bits per heavy atom. The average Bonchev–Trinajstić information content (AvgIpc) is 3.60. The topological polar surface area (TPSA) is 93.0 Å². The Morgan fingerprint density at radius 3 is 2.85 bits per heavy atom. The SMILES string of the molecule is COc1ccc2c(c1)-c1nn(CC3CCOC3)cc1Cc1c(-c3nc(C(F)(F)F)no3)ncn1-2. The number of ether oxygens (including phenoxy) is 2. The third-order valence-corrected chi connectivity index (χ3v) is 6.13. The summed E-state index contributed by atoms with van der Waals surface area (Å²) in [6, 6.07) is 5.58. The second kappa shape index (κ2) is 7.69. The van der Waals surface area contributed by atoms with Crippen LogP contribution in [-0.4, -0.2) is 49.8 Å². The first kappa shape index (κ1) is 20.9. The largest absolute Gasteiger partial charge is 0.497 e. The minimum atomic E-state index is -4.71. The number of alkyl halides is 3. The molecule has 12 heteroatoms. The van der Waals surface area contributed by atoms with Gasteiger partial charge in [-0.15, -0.1) is 0 Å². The molecule has 1 saturated heterocycles. The predicted molar refractivity (Wildman–Crippen MR) is 111 cm³/mol. The average molecular weight is 472 g/mol. The number of nitrogens with zero attached hydrogens (tertiary/aromatic N) is 6. The van der Waals surface area contributed by atoms with E-state index in [4.69, 9.17) is 19.1 Å². The van der Waals surface area contributed by atoms with Gasteiger partial charge in [-0.1, -0.05) is 5.16 Å². The third kappa shape index (κ3) is 3.45. The molecule has 0 spiro atoms. The molecule has 5 heterocycles. The van der Waals surface area contributed by atoms with Gasteiger partial charge >= 0.3 is 6.18 Å². The molecule has 6 rings (SSSR count). The van der Waals surface area contributed by atoms with Gasteiger partial charge in [0, 0.05) is 42.8 Å². The van der Waals surface area contributed by atoms with Crippen LogP contribution in [0.4, 0.5) is 13.2 Å². The summed E-state index contributed by atoms with van der Waals surface area (Å²) in [5.74, 6) is -0.571. The lowest BCUT2D eigenvalue weighted by atomic mass is 10.0. The summed E-state index contributed by atoms with van der Waals surface area (Å²) in [4.78, 5) is 7.88. The van der Waals surface area contributed by atoms with E-state index in [1.54, 1.807) is 13.4 Å². The highest BCUT2D eigenvalue weighted by molar-refractivity contribution is 5.77. The fourth-order valence-corrected chi connectivity index (χ4v) is 4.49. The first-order valence-corrected chi connectivity index (χ1v) is 10.7. The second-order valence-corrected chi connectivity index (χ2v) is 8.35. The summed E-state index contributed by atoms with van der Waals surface area (Å²) in [5.41, 5.74) is 4.13. The van der Waals surface area contributed by atoms with Crippen molar-refractivity contribution in [2.24, 2.45) is 5.92 Å². The minimum Gasteiger partial charge on any atom is -0.497 e. The Labute approximate surface area is 191 Å².